The van der Waals surface area contributed by atoms with Crippen LogP contribution in [0.2, 0.25) is 0 Å². The fourth-order valence-electron chi connectivity index (χ4n) is 4.57. The predicted molar refractivity (Wildman–Crippen MR) is 133 cm³/mol. The van der Waals surface area contributed by atoms with E-state index in [1.54, 1.807) is 19.5 Å². The average molecular weight is 449 g/mol. The number of hydrogen-bond donors (Lipinski definition) is 1. The first-order chi connectivity index (χ1) is 16.7. The molecular formula is C28H24N4O2. The minimum atomic E-state index is -0.210. The van der Waals surface area contributed by atoms with Crippen LogP contribution in [0.3, 0.4) is 0 Å². The second-order valence-electron chi connectivity index (χ2n) is 8.40. The zero-order chi connectivity index (χ0) is 23.5. The molecule has 5 rings (SSSR count). The Hall–Kier alpha value is -4.24. The van der Waals surface area contributed by atoms with Gasteiger partial charge in [-0.05, 0) is 66.3 Å². The first kappa shape index (κ1) is 21.6. The quantitative estimate of drug-likeness (QED) is 0.325. The summed E-state index contributed by atoms with van der Waals surface area (Å²) in [5.74, 6) is 4.00. The molecule has 6 nitrogen and oxygen atoms in total. The van der Waals surface area contributed by atoms with Crippen LogP contribution in [0.15, 0.2) is 67.0 Å². The molecule has 2 heterocycles. The van der Waals surface area contributed by atoms with Crippen LogP contribution in [-0.2, 0) is 4.79 Å². The molecule has 4 aromatic rings. The highest BCUT2D eigenvalue weighted by atomic mass is 16.5. The summed E-state index contributed by atoms with van der Waals surface area (Å²) in [6, 6.07) is 17.8. The molecule has 1 unspecified atom stereocenters. The highest BCUT2D eigenvalue weighted by Crippen LogP contribution is 2.34. The van der Waals surface area contributed by atoms with Gasteiger partial charge in [-0.1, -0.05) is 24.6 Å². The molecule has 1 N–H and O–H groups in total. The summed E-state index contributed by atoms with van der Waals surface area (Å²) in [5, 5.41) is 4.43. The van der Waals surface area contributed by atoms with Crippen LogP contribution < -0.4 is 10.1 Å². The number of methoxy groups -OCH3 is 1. The van der Waals surface area contributed by atoms with E-state index in [1.165, 1.54) is 0 Å². The van der Waals surface area contributed by atoms with E-state index in [0.29, 0.717) is 11.6 Å². The lowest BCUT2D eigenvalue weighted by molar-refractivity contribution is -0.117. The Morgan fingerprint density at radius 3 is 2.71 bits per heavy atom. The monoisotopic (exact) mass is 448 g/mol. The number of aromatic nitrogens is 3. The standard InChI is InChI=1S/C28H24N4O2/c1-3-26(33)22-10-5-11-24(22)31-28-23-16-19(18-7-4-9-21(15-18)34-2)12-13-25(23)30-27(32-28)20-8-6-14-29-17-20/h1,4,6-9,12-17,22,24H,5,10-11H2,2H3,(H,30,31,32)/t22-,24?/m0/s1. The zero-order valence-electron chi connectivity index (χ0n) is 18.9. The van der Waals surface area contributed by atoms with E-state index in [9.17, 15) is 4.79 Å². The lowest BCUT2D eigenvalue weighted by Crippen LogP contribution is -2.29. The average Bonchev–Trinajstić information content (AvgIpc) is 3.36. The van der Waals surface area contributed by atoms with Gasteiger partial charge in [0.15, 0.2) is 5.82 Å². The number of fused-ring (bicyclic) bond motifs is 1. The van der Waals surface area contributed by atoms with Crippen LogP contribution in [0.1, 0.15) is 19.3 Å². The summed E-state index contributed by atoms with van der Waals surface area (Å²) in [6.07, 6.45) is 11.5. The molecule has 1 fully saturated rings. The molecule has 1 aliphatic carbocycles. The predicted octanol–water partition coefficient (Wildman–Crippen LogP) is 5.15. The molecule has 0 spiro atoms. The Bertz CT molecular complexity index is 1390. The third-order valence-corrected chi connectivity index (χ3v) is 6.34. The van der Waals surface area contributed by atoms with Crippen molar-refractivity contribution in [2.45, 2.75) is 25.3 Å². The van der Waals surface area contributed by atoms with Gasteiger partial charge < -0.3 is 10.1 Å². The van der Waals surface area contributed by atoms with Crippen molar-refractivity contribution in [1.29, 1.82) is 0 Å². The molecule has 6 heteroatoms. The number of ether oxygens (including phenoxy) is 1. The van der Waals surface area contributed by atoms with Crippen LogP contribution in [0, 0.1) is 18.3 Å². The van der Waals surface area contributed by atoms with Crippen molar-refractivity contribution in [2.75, 3.05) is 12.4 Å². The van der Waals surface area contributed by atoms with Gasteiger partial charge in [0.1, 0.15) is 11.6 Å². The third-order valence-electron chi connectivity index (χ3n) is 6.34. The summed E-state index contributed by atoms with van der Waals surface area (Å²) in [6.45, 7) is 0. The molecule has 1 saturated carbocycles. The van der Waals surface area contributed by atoms with E-state index < -0.39 is 0 Å². The molecule has 168 valence electrons. The number of nitrogens with zero attached hydrogens (tertiary/aromatic N) is 3. The number of ketones is 1. The molecule has 0 amide bonds. The van der Waals surface area contributed by atoms with Gasteiger partial charge in [0.25, 0.3) is 0 Å². The number of nitrogens with one attached hydrogen (secondary N) is 1. The first-order valence-corrected chi connectivity index (χ1v) is 11.3. The van der Waals surface area contributed by atoms with Gasteiger partial charge in [0.05, 0.1) is 18.5 Å². The number of Topliss-reactive ketones (excluding diaryl/α,β-unsaturated/α-hetero) is 1. The number of hydrogen-bond acceptors (Lipinski definition) is 6. The van der Waals surface area contributed by atoms with Crippen molar-refractivity contribution in [3.8, 4) is 40.6 Å². The Balaban J connectivity index is 1.63. The van der Waals surface area contributed by atoms with Crippen LogP contribution in [0.5, 0.6) is 5.75 Å². The van der Waals surface area contributed by atoms with Crippen molar-refractivity contribution in [2.24, 2.45) is 5.92 Å². The van der Waals surface area contributed by atoms with Gasteiger partial charge in [0, 0.05) is 29.4 Å². The topological polar surface area (TPSA) is 77.0 Å². The lowest BCUT2D eigenvalue weighted by Gasteiger charge is -2.20. The SMILES string of the molecule is C#CC(=O)[C@H]1CCCC1Nc1nc(-c2cccnc2)nc2ccc(-c3cccc(OC)c3)cc12. The molecule has 2 aromatic carbocycles. The second kappa shape index (κ2) is 9.32. The summed E-state index contributed by atoms with van der Waals surface area (Å²) in [7, 11) is 1.66. The Kier molecular flexibility index (Phi) is 5.92. The van der Waals surface area contributed by atoms with Gasteiger partial charge in [-0.15, -0.1) is 6.42 Å². The van der Waals surface area contributed by atoms with Gasteiger partial charge in [-0.2, -0.15) is 0 Å². The molecule has 2 aromatic heterocycles. The van der Waals surface area contributed by atoms with Crippen molar-refractivity contribution in [3.63, 3.8) is 0 Å². The highest BCUT2D eigenvalue weighted by molar-refractivity contribution is 5.98. The Morgan fingerprint density at radius 1 is 1.06 bits per heavy atom. The number of rotatable bonds is 6. The molecule has 1 aliphatic rings. The fraction of sp³-hybridized carbons (Fsp3) is 0.214. The Labute approximate surface area is 198 Å². The van der Waals surface area contributed by atoms with Crippen LogP contribution in [0.25, 0.3) is 33.4 Å². The summed E-state index contributed by atoms with van der Waals surface area (Å²) in [5.41, 5.74) is 3.69. The van der Waals surface area contributed by atoms with Gasteiger partial charge >= 0.3 is 0 Å². The van der Waals surface area contributed by atoms with E-state index in [-0.39, 0.29) is 17.7 Å². The smallest absolute Gasteiger partial charge is 0.210 e. The summed E-state index contributed by atoms with van der Waals surface area (Å²) >= 11 is 0. The second-order valence-corrected chi connectivity index (χ2v) is 8.40. The van der Waals surface area contributed by atoms with E-state index in [2.05, 4.69) is 22.3 Å². The maximum Gasteiger partial charge on any atom is 0.210 e. The van der Waals surface area contributed by atoms with Gasteiger partial charge in [-0.25, -0.2) is 9.97 Å². The van der Waals surface area contributed by atoms with Crippen molar-refractivity contribution in [3.05, 3.63) is 67.0 Å². The number of terminal acetylenes is 1. The molecule has 0 bridgehead atoms. The normalized spacial score (nSPS) is 17.3. The van der Waals surface area contributed by atoms with Crippen molar-refractivity contribution >= 4 is 22.5 Å². The minimum absolute atomic E-state index is 0.0659. The molecular weight excluding hydrogens is 424 g/mol. The van der Waals surface area contributed by atoms with Crippen molar-refractivity contribution in [1.82, 2.24) is 15.0 Å². The van der Waals surface area contributed by atoms with E-state index in [0.717, 1.165) is 52.6 Å². The number of benzene rings is 2. The van der Waals surface area contributed by atoms with E-state index >= 15 is 0 Å². The molecule has 0 aliphatic heterocycles. The summed E-state index contributed by atoms with van der Waals surface area (Å²) in [4.78, 5) is 26.2. The summed E-state index contributed by atoms with van der Waals surface area (Å²) < 4.78 is 5.39. The number of anilines is 1. The number of carbonyl (C=O) groups excluding carboxylic acids is 1. The van der Waals surface area contributed by atoms with Gasteiger partial charge in [-0.3, -0.25) is 9.78 Å². The number of carbonyl (C=O) groups is 1. The van der Waals surface area contributed by atoms with E-state index in [4.69, 9.17) is 21.1 Å². The van der Waals surface area contributed by atoms with Crippen LogP contribution in [-0.4, -0.2) is 33.9 Å². The third kappa shape index (κ3) is 4.20. The molecule has 0 radical (unpaired) electrons. The molecule has 2 atom stereocenters. The Morgan fingerprint density at radius 2 is 1.91 bits per heavy atom. The fourth-order valence-corrected chi connectivity index (χ4v) is 4.57. The lowest BCUT2D eigenvalue weighted by atomic mass is 9.98. The molecule has 0 saturated heterocycles. The maximum atomic E-state index is 12.3. The van der Waals surface area contributed by atoms with Gasteiger partial charge in [0.2, 0.25) is 5.78 Å². The van der Waals surface area contributed by atoms with Crippen molar-refractivity contribution < 1.29 is 9.53 Å². The minimum Gasteiger partial charge on any atom is -0.497 e. The first-order valence-electron chi connectivity index (χ1n) is 11.3. The van der Waals surface area contributed by atoms with Crippen LogP contribution in [0.4, 0.5) is 5.82 Å². The van der Waals surface area contributed by atoms with Crippen LogP contribution >= 0.6 is 0 Å². The number of pyridine rings is 1. The van der Waals surface area contributed by atoms with E-state index in [1.807, 2.05) is 48.5 Å². The maximum absolute atomic E-state index is 12.3. The largest absolute Gasteiger partial charge is 0.497 e. The molecule has 34 heavy (non-hydrogen) atoms. The highest BCUT2D eigenvalue weighted by Gasteiger charge is 2.32. The zero-order valence-corrected chi connectivity index (χ0v) is 18.9.